The summed E-state index contributed by atoms with van der Waals surface area (Å²) in [4.78, 5) is 4.46. The van der Waals surface area contributed by atoms with Gasteiger partial charge in [-0.2, -0.15) is 4.98 Å². The van der Waals surface area contributed by atoms with E-state index >= 15 is 0 Å². The average Bonchev–Trinajstić information content (AvgIpc) is 3.40. The lowest BCUT2D eigenvalue weighted by Gasteiger charge is -2.09. The van der Waals surface area contributed by atoms with Gasteiger partial charge in [0, 0.05) is 10.6 Å². The van der Waals surface area contributed by atoms with Crippen LogP contribution in [0.3, 0.4) is 0 Å². The summed E-state index contributed by atoms with van der Waals surface area (Å²) in [6, 6.07) is 10.6. The predicted molar refractivity (Wildman–Crippen MR) is 109 cm³/mol. The van der Waals surface area contributed by atoms with Crippen molar-refractivity contribution in [1.82, 2.24) is 25.1 Å². The Morgan fingerprint density at radius 3 is 2.40 bits per heavy atom. The van der Waals surface area contributed by atoms with Crippen molar-refractivity contribution in [3.05, 3.63) is 47.1 Å². The first-order valence-corrected chi connectivity index (χ1v) is 9.26. The summed E-state index contributed by atoms with van der Waals surface area (Å²) in [5.74, 6) is 2.41. The second kappa shape index (κ2) is 8.03. The number of rotatable bonds is 6. The molecule has 0 amide bonds. The van der Waals surface area contributed by atoms with Gasteiger partial charge in [-0.15, -0.1) is 5.10 Å². The van der Waals surface area contributed by atoms with Gasteiger partial charge >= 0.3 is 0 Å². The largest absolute Gasteiger partial charge is 0.494 e. The van der Waals surface area contributed by atoms with Crippen LogP contribution in [0.1, 0.15) is 5.69 Å². The van der Waals surface area contributed by atoms with Gasteiger partial charge in [0.25, 0.3) is 5.89 Å². The fraction of sp³-hybridized carbons (Fsp3) is 0.200. The van der Waals surface area contributed by atoms with Crippen molar-refractivity contribution in [2.24, 2.45) is 0 Å². The third kappa shape index (κ3) is 3.43. The molecule has 0 atom stereocenters. The van der Waals surface area contributed by atoms with Crippen LogP contribution in [0.25, 0.3) is 28.7 Å². The van der Waals surface area contributed by atoms with Crippen LogP contribution in [-0.4, -0.2) is 46.5 Å². The Labute approximate surface area is 177 Å². The Balaban J connectivity index is 1.71. The van der Waals surface area contributed by atoms with Gasteiger partial charge < -0.3 is 18.7 Å². The van der Waals surface area contributed by atoms with Crippen LogP contribution in [0, 0.1) is 6.92 Å². The minimum absolute atomic E-state index is 0.240. The van der Waals surface area contributed by atoms with Crippen LogP contribution in [0.5, 0.6) is 17.2 Å². The van der Waals surface area contributed by atoms with Gasteiger partial charge in [0.1, 0.15) is 11.4 Å². The number of ether oxygens (including phenoxy) is 3. The van der Waals surface area contributed by atoms with Gasteiger partial charge in [-0.25, -0.2) is 4.68 Å². The van der Waals surface area contributed by atoms with Crippen molar-refractivity contribution in [3.8, 4) is 45.9 Å². The van der Waals surface area contributed by atoms with Gasteiger partial charge in [-0.05, 0) is 43.3 Å². The number of nitrogens with zero attached hydrogens (tertiary/aromatic N) is 5. The van der Waals surface area contributed by atoms with E-state index in [0.29, 0.717) is 50.7 Å². The quantitative estimate of drug-likeness (QED) is 0.456. The Kier molecular flexibility index (Phi) is 5.28. The number of hydrogen-bond donors (Lipinski definition) is 0. The molecule has 4 rings (SSSR count). The molecule has 0 spiro atoms. The second-order valence-corrected chi connectivity index (χ2v) is 6.68. The summed E-state index contributed by atoms with van der Waals surface area (Å²) in [5.41, 5.74) is 2.51. The van der Waals surface area contributed by atoms with Crippen molar-refractivity contribution < 1.29 is 18.7 Å². The summed E-state index contributed by atoms with van der Waals surface area (Å²) in [6.45, 7) is 1.84. The third-order valence-electron chi connectivity index (χ3n) is 4.53. The second-order valence-electron chi connectivity index (χ2n) is 6.24. The predicted octanol–water partition coefficient (Wildman–Crippen LogP) is 3.97. The molecule has 4 aromatic rings. The van der Waals surface area contributed by atoms with Crippen molar-refractivity contribution in [1.29, 1.82) is 0 Å². The van der Waals surface area contributed by atoms with Crippen LogP contribution < -0.4 is 14.2 Å². The highest BCUT2D eigenvalue weighted by Gasteiger charge is 2.21. The topological polar surface area (TPSA) is 97.3 Å². The standard InChI is InChI=1S/C20H18ClN5O4/c1-11-18(23-25-26(11)14-10-13(21)6-8-15(14)27-2)20-22-19(24-30-20)12-5-7-16(28-3)17(9-12)29-4/h5-10H,1-4H3. The lowest BCUT2D eigenvalue weighted by molar-refractivity contribution is 0.355. The van der Waals surface area contributed by atoms with E-state index in [1.54, 1.807) is 56.3 Å². The fourth-order valence-corrected chi connectivity index (χ4v) is 3.16. The number of hydrogen-bond acceptors (Lipinski definition) is 8. The molecular formula is C20H18ClN5O4. The SMILES string of the molecule is COc1ccc(-c2noc(-c3nnn(-c4cc(Cl)ccc4OC)c3C)n2)cc1OC. The first-order valence-electron chi connectivity index (χ1n) is 8.88. The minimum Gasteiger partial charge on any atom is -0.494 e. The van der Waals surface area contributed by atoms with E-state index < -0.39 is 0 Å². The number of benzene rings is 2. The van der Waals surface area contributed by atoms with E-state index in [2.05, 4.69) is 20.5 Å². The van der Waals surface area contributed by atoms with Crippen LogP contribution in [0.4, 0.5) is 0 Å². The van der Waals surface area contributed by atoms with Crippen LogP contribution in [0.2, 0.25) is 5.02 Å². The molecule has 2 aromatic heterocycles. The Morgan fingerprint density at radius 2 is 1.67 bits per heavy atom. The van der Waals surface area contributed by atoms with E-state index in [0.717, 1.165) is 0 Å². The Morgan fingerprint density at radius 1 is 0.933 bits per heavy atom. The van der Waals surface area contributed by atoms with Gasteiger partial charge in [-0.1, -0.05) is 22.0 Å². The maximum absolute atomic E-state index is 6.14. The highest BCUT2D eigenvalue weighted by molar-refractivity contribution is 6.30. The normalized spacial score (nSPS) is 10.8. The summed E-state index contributed by atoms with van der Waals surface area (Å²) in [7, 11) is 4.72. The minimum atomic E-state index is 0.240. The van der Waals surface area contributed by atoms with Gasteiger partial charge in [0.2, 0.25) is 5.82 Å². The molecule has 0 aliphatic rings. The molecule has 2 heterocycles. The number of methoxy groups -OCH3 is 3. The molecule has 0 fully saturated rings. The molecule has 154 valence electrons. The van der Waals surface area contributed by atoms with Gasteiger partial charge in [0.15, 0.2) is 17.2 Å². The van der Waals surface area contributed by atoms with Crippen LogP contribution >= 0.6 is 11.6 Å². The van der Waals surface area contributed by atoms with Gasteiger partial charge in [-0.3, -0.25) is 0 Å². The van der Waals surface area contributed by atoms with E-state index in [4.69, 9.17) is 30.3 Å². The first-order chi connectivity index (χ1) is 14.5. The molecule has 0 N–H and O–H groups in total. The van der Waals surface area contributed by atoms with E-state index in [9.17, 15) is 0 Å². The zero-order valence-corrected chi connectivity index (χ0v) is 17.5. The summed E-state index contributed by atoms with van der Waals surface area (Å²) < 4.78 is 23.0. The smallest absolute Gasteiger partial charge is 0.280 e. The first kappa shape index (κ1) is 19.7. The highest BCUT2D eigenvalue weighted by Crippen LogP contribution is 2.33. The molecule has 2 aromatic carbocycles. The maximum atomic E-state index is 6.14. The molecule has 9 nitrogen and oxygen atoms in total. The van der Waals surface area contributed by atoms with Crippen molar-refractivity contribution >= 4 is 11.6 Å². The fourth-order valence-electron chi connectivity index (χ4n) is 3.00. The monoisotopic (exact) mass is 427 g/mol. The lowest BCUT2D eigenvalue weighted by atomic mass is 10.2. The van der Waals surface area contributed by atoms with E-state index in [1.807, 2.05) is 13.0 Å². The van der Waals surface area contributed by atoms with Crippen LogP contribution in [-0.2, 0) is 0 Å². The van der Waals surface area contributed by atoms with Crippen molar-refractivity contribution in [3.63, 3.8) is 0 Å². The number of halogens is 1. The number of aromatic nitrogens is 5. The molecule has 30 heavy (non-hydrogen) atoms. The van der Waals surface area contributed by atoms with Gasteiger partial charge in [0.05, 0.1) is 27.0 Å². The van der Waals surface area contributed by atoms with E-state index in [-0.39, 0.29) is 5.89 Å². The molecule has 0 saturated carbocycles. The molecule has 0 unspecified atom stereocenters. The molecule has 0 saturated heterocycles. The zero-order valence-electron chi connectivity index (χ0n) is 16.7. The molecule has 0 aliphatic carbocycles. The Hall–Kier alpha value is -3.59. The molecule has 0 radical (unpaired) electrons. The molecule has 0 bridgehead atoms. The lowest BCUT2D eigenvalue weighted by Crippen LogP contribution is -2.02. The third-order valence-corrected chi connectivity index (χ3v) is 4.77. The maximum Gasteiger partial charge on any atom is 0.280 e. The van der Waals surface area contributed by atoms with Crippen molar-refractivity contribution in [2.45, 2.75) is 6.92 Å². The molecule has 0 aliphatic heterocycles. The highest BCUT2D eigenvalue weighted by atomic mass is 35.5. The van der Waals surface area contributed by atoms with E-state index in [1.165, 1.54) is 0 Å². The summed E-state index contributed by atoms with van der Waals surface area (Å²) >= 11 is 6.14. The zero-order chi connectivity index (χ0) is 21.3. The molecule has 10 heteroatoms. The Bertz CT molecular complexity index is 1200. The van der Waals surface area contributed by atoms with Crippen LogP contribution in [0.15, 0.2) is 40.9 Å². The average molecular weight is 428 g/mol. The van der Waals surface area contributed by atoms with Crippen molar-refractivity contribution in [2.75, 3.05) is 21.3 Å². The molecular weight excluding hydrogens is 410 g/mol. The summed E-state index contributed by atoms with van der Waals surface area (Å²) in [5, 5.41) is 13.0. The summed E-state index contributed by atoms with van der Waals surface area (Å²) in [6.07, 6.45) is 0.